The van der Waals surface area contributed by atoms with Crippen LogP contribution in [0.4, 0.5) is 0 Å². The van der Waals surface area contributed by atoms with Crippen LogP contribution in [0.2, 0.25) is 0 Å². The minimum Gasteiger partial charge on any atom is -0.316 e. The molecule has 0 aromatic carbocycles. The van der Waals surface area contributed by atoms with Crippen LogP contribution in [0.25, 0.3) is 0 Å². The van der Waals surface area contributed by atoms with Crippen molar-refractivity contribution in [1.29, 1.82) is 0 Å². The molecule has 0 aromatic rings. The van der Waals surface area contributed by atoms with Crippen molar-refractivity contribution in [2.24, 2.45) is 5.92 Å². The Morgan fingerprint density at radius 2 is 2.55 bits per heavy atom. The molecule has 0 bridgehead atoms. The maximum Gasteiger partial charge on any atom is 0.185 e. The third-order valence-corrected chi connectivity index (χ3v) is 2.97. The Balaban J connectivity index is 2.09. The Morgan fingerprint density at radius 3 is 3.09 bits per heavy atom. The molecular formula is C8H15NOS. The van der Waals surface area contributed by atoms with Crippen molar-refractivity contribution in [1.82, 2.24) is 5.32 Å². The van der Waals surface area contributed by atoms with Crippen LogP contribution in [0.5, 0.6) is 0 Å². The van der Waals surface area contributed by atoms with E-state index in [4.69, 9.17) is 0 Å². The molecule has 1 heterocycles. The summed E-state index contributed by atoms with van der Waals surface area (Å²) in [7, 11) is 0. The molecule has 1 saturated heterocycles. The molecule has 1 aliphatic heterocycles. The smallest absolute Gasteiger partial charge is 0.185 e. The standard InChI is InChI=1S/C8H15NOS/c1-7(10)11-6-8-3-2-4-9-5-8/h8-9H,2-6H2,1H3. The second-order valence-electron chi connectivity index (χ2n) is 3.01. The number of thioether (sulfide) groups is 1. The molecule has 2 nitrogen and oxygen atoms in total. The van der Waals surface area contributed by atoms with Crippen LogP contribution in [-0.4, -0.2) is 24.0 Å². The number of carbonyl (C=O) groups excluding carboxylic acids is 1. The van der Waals surface area contributed by atoms with E-state index < -0.39 is 0 Å². The molecule has 0 aromatic heterocycles. The van der Waals surface area contributed by atoms with Gasteiger partial charge >= 0.3 is 0 Å². The lowest BCUT2D eigenvalue weighted by Gasteiger charge is -2.21. The zero-order valence-electron chi connectivity index (χ0n) is 6.93. The fourth-order valence-electron chi connectivity index (χ4n) is 1.30. The summed E-state index contributed by atoms with van der Waals surface area (Å²) < 4.78 is 0. The van der Waals surface area contributed by atoms with Crippen molar-refractivity contribution in [3.05, 3.63) is 0 Å². The van der Waals surface area contributed by atoms with Crippen LogP contribution in [-0.2, 0) is 4.79 Å². The number of piperidine rings is 1. The van der Waals surface area contributed by atoms with E-state index in [9.17, 15) is 4.79 Å². The summed E-state index contributed by atoms with van der Waals surface area (Å²) in [5.74, 6) is 1.72. The first kappa shape index (κ1) is 9.07. The highest BCUT2D eigenvalue weighted by Crippen LogP contribution is 2.16. The van der Waals surface area contributed by atoms with Gasteiger partial charge in [0, 0.05) is 12.7 Å². The zero-order chi connectivity index (χ0) is 8.10. The Labute approximate surface area is 72.1 Å². The van der Waals surface area contributed by atoms with Gasteiger partial charge in [-0.15, -0.1) is 0 Å². The van der Waals surface area contributed by atoms with Crippen molar-refractivity contribution >= 4 is 16.9 Å². The lowest BCUT2D eigenvalue weighted by atomic mass is 10.0. The highest BCUT2D eigenvalue weighted by atomic mass is 32.2. The number of nitrogens with one attached hydrogen (secondary N) is 1. The van der Waals surface area contributed by atoms with E-state index in [0.29, 0.717) is 0 Å². The van der Waals surface area contributed by atoms with Crippen molar-refractivity contribution in [2.75, 3.05) is 18.8 Å². The molecule has 64 valence electrons. The average Bonchev–Trinajstić information content (AvgIpc) is 2.03. The molecule has 1 rings (SSSR count). The first-order valence-electron chi connectivity index (χ1n) is 4.13. The predicted octanol–water partition coefficient (Wildman–Crippen LogP) is 1.27. The van der Waals surface area contributed by atoms with Gasteiger partial charge in [0.1, 0.15) is 0 Å². The third-order valence-electron chi connectivity index (χ3n) is 1.92. The van der Waals surface area contributed by atoms with Gasteiger partial charge < -0.3 is 5.32 Å². The number of rotatable bonds is 2. The predicted molar refractivity (Wildman–Crippen MR) is 48.7 cm³/mol. The number of carbonyl (C=O) groups is 1. The van der Waals surface area contributed by atoms with Crippen LogP contribution < -0.4 is 5.32 Å². The molecule has 1 unspecified atom stereocenters. The third kappa shape index (κ3) is 3.77. The molecule has 1 fully saturated rings. The zero-order valence-corrected chi connectivity index (χ0v) is 7.75. The maximum absolute atomic E-state index is 10.6. The summed E-state index contributed by atoms with van der Waals surface area (Å²) in [6, 6.07) is 0. The summed E-state index contributed by atoms with van der Waals surface area (Å²) in [6.07, 6.45) is 2.55. The molecule has 1 aliphatic rings. The largest absolute Gasteiger partial charge is 0.316 e. The molecule has 3 heteroatoms. The van der Waals surface area contributed by atoms with Crippen LogP contribution in [0.15, 0.2) is 0 Å². The lowest BCUT2D eigenvalue weighted by Crippen LogP contribution is -2.31. The van der Waals surface area contributed by atoms with Crippen LogP contribution in [0, 0.1) is 5.92 Å². The molecule has 0 saturated carbocycles. The minimum absolute atomic E-state index is 0.246. The van der Waals surface area contributed by atoms with Crippen LogP contribution in [0.1, 0.15) is 19.8 Å². The average molecular weight is 173 g/mol. The molecule has 0 amide bonds. The van der Waals surface area contributed by atoms with E-state index in [1.807, 2.05) is 0 Å². The first-order chi connectivity index (χ1) is 5.29. The van der Waals surface area contributed by atoms with Gasteiger partial charge in [0.2, 0.25) is 0 Å². The van der Waals surface area contributed by atoms with Crippen molar-refractivity contribution in [3.63, 3.8) is 0 Å². The monoisotopic (exact) mass is 173 g/mol. The van der Waals surface area contributed by atoms with Gasteiger partial charge in [-0.3, -0.25) is 4.79 Å². The maximum atomic E-state index is 10.6. The lowest BCUT2D eigenvalue weighted by molar-refractivity contribution is -0.109. The van der Waals surface area contributed by atoms with Crippen molar-refractivity contribution < 1.29 is 4.79 Å². The molecule has 0 aliphatic carbocycles. The Hall–Kier alpha value is -0.0200. The van der Waals surface area contributed by atoms with Crippen LogP contribution >= 0.6 is 11.8 Å². The quantitative estimate of drug-likeness (QED) is 0.681. The van der Waals surface area contributed by atoms with E-state index >= 15 is 0 Å². The molecule has 1 N–H and O–H groups in total. The topological polar surface area (TPSA) is 29.1 Å². The van der Waals surface area contributed by atoms with Crippen molar-refractivity contribution in [3.8, 4) is 0 Å². The Bertz CT molecular complexity index is 132. The van der Waals surface area contributed by atoms with Gasteiger partial charge in [0.05, 0.1) is 0 Å². The Morgan fingerprint density at radius 1 is 1.73 bits per heavy atom. The van der Waals surface area contributed by atoms with Gasteiger partial charge in [0.25, 0.3) is 0 Å². The van der Waals surface area contributed by atoms with Gasteiger partial charge in [0.15, 0.2) is 5.12 Å². The minimum atomic E-state index is 0.246. The normalized spacial score (nSPS) is 25.0. The SMILES string of the molecule is CC(=O)SCC1CCCNC1. The van der Waals surface area contributed by atoms with Gasteiger partial charge in [-0.05, 0) is 31.8 Å². The highest BCUT2D eigenvalue weighted by Gasteiger charge is 2.13. The fraction of sp³-hybridized carbons (Fsp3) is 0.875. The highest BCUT2D eigenvalue weighted by molar-refractivity contribution is 8.13. The summed E-state index contributed by atoms with van der Waals surface area (Å²) >= 11 is 1.46. The summed E-state index contributed by atoms with van der Waals surface area (Å²) in [4.78, 5) is 10.6. The molecule has 0 radical (unpaired) electrons. The summed E-state index contributed by atoms with van der Waals surface area (Å²) in [5, 5.41) is 3.58. The van der Waals surface area contributed by atoms with Crippen molar-refractivity contribution in [2.45, 2.75) is 19.8 Å². The van der Waals surface area contributed by atoms with Gasteiger partial charge in [-0.25, -0.2) is 0 Å². The number of hydrogen-bond acceptors (Lipinski definition) is 3. The molecule has 11 heavy (non-hydrogen) atoms. The second kappa shape index (κ2) is 4.78. The van der Waals surface area contributed by atoms with E-state index in [1.54, 1.807) is 6.92 Å². The van der Waals surface area contributed by atoms with E-state index in [-0.39, 0.29) is 5.12 Å². The van der Waals surface area contributed by atoms with E-state index in [0.717, 1.165) is 24.8 Å². The molecule has 1 atom stereocenters. The van der Waals surface area contributed by atoms with E-state index in [1.165, 1.54) is 24.6 Å². The summed E-state index contributed by atoms with van der Waals surface area (Å²) in [5.41, 5.74) is 0. The first-order valence-corrected chi connectivity index (χ1v) is 5.11. The van der Waals surface area contributed by atoms with Crippen LogP contribution in [0.3, 0.4) is 0 Å². The molecular weight excluding hydrogens is 158 g/mol. The number of hydrogen-bond donors (Lipinski definition) is 1. The molecule has 0 spiro atoms. The fourth-order valence-corrected chi connectivity index (χ4v) is 2.06. The summed E-state index contributed by atoms with van der Waals surface area (Å²) in [6.45, 7) is 3.89. The van der Waals surface area contributed by atoms with E-state index in [2.05, 4.69) is 5.32 Å². The van der Waals surface area contributed by atoms with Gasteiger partial charge in [-0.2, -0.15) is 0 Å². The second-order valence-corrected chi connectivity index (χ2v) is 4.21. The Kier molecular flexibility index (Phi) is 3.94. The van der Waals surface area contributed by atoms with Gasteiger partial charge in [-0.1, -0.05) is 11.8 Å².